The lowest BCUT2D eigenvalue weighted by atomic mass is 9.68. The van der Waals surface area contributed by atoms with Crippen molar-refractivity contribution in [2.45, 2.75) is 65.0 Å². The number of amides is 4. The van der Waals surface area contributed by atoms with E-state index < -0.39 is 40.4 Å². The summed E-state index contributed by atoms with van der Waals surface area (Å²) in [6.45, 7) is 4.68. The molecule has 1 unspecified atom stereocenters. The Labute approximate surface area is 230 Å². The Kier molecular flexibility index (Phi) is 6.89. The van der Waals surface area contributed by atoms with Gasteiger partial charge < -0.3 is 10.0 Å². The van der Waals surface area contributed by atoms with Gasteiger partial charge in [-0.15, -0.1) is 0 Å². The number of carbonyl (C=O) groups excluding carboxylic acids is 3. The number of H-pyrrole nitrogens is 1. The zero-order chi connectivity index (χ0) is 28.9. The SMILES string of the molecule is CCCCn1c(O)c(C(CC)=Nc2ccc3c(c2)CC2(C(=O)N(C)C(=O)N(C)C2=O)C2CCCN32)c(=O)[nH]c1=O. The number of hydrogen-bond donors (Lipinski definition) is 2. The minimum Gasteiger partial charge on any atom is -0.494 e. The van der Waals surface area contributed by atoms with Crippen LogP contribution in [0.25, 0.3) is 0 Å². The molecule has 1 spiro atoms. The number of aromatic nitrogens is 2. The number of hydrogen-bond acceptors (Lipinski definition) is 8. The molecule has 40 heavy (non-hydrogen) atoms. The maximum atomic E-state index is 13.6. The van der Waals surface area contributed by atoms with Gasteiger partial charge in [-0.2, -0.15) is 0 Å². The Bertz CT molecular complexity index is 1530. The van der Waals surface area contributed by atoms with Gasteiger partial charge in [0.05, 0.1) is 17.4 Å². The summed E-state index contributed by atoms with van der Waals surface area (Å²) in [5.41, 5.74) is -0.482. The van der Waals surface area contributed by atoms with Crippen LogP contribution in [0.3, 0.4) is 0 Å². The number of imide groups is 2. The van der Waals surface area contributed by atoms with E-state index in [9.17, 15) is 29.1 Å². The van der Waals surface area contributed by atoms with Gasteiger partial charge in [-0.25, -0.2) is 9.59 Å². The maximum absolute atomic E-state index is 13.6. The van der Waals surface area contributed by atoms with Crippen molar-refractivity contribution in [3.05, 3.63) is 50.2 Å². The van der Waals surface area contributed by atoms with Crippen molar-refractivity contribution in [2.75, 3.05) is 25.5 Å². The van der Waals surface area contributed by atoms with Gasteiger partial charge in [-0.05, 0) is 55.9 Å². The van der Waals surface area contributed by atoms with E-state index >= 15 is 0 Å². The largest absolute Gasteiger partial charge is 0.494 e. The number of nitrogens with zero attached hydrogens (tertiary/aromatic N) is 5. The fourth-order valence-corrected chi connectivity index (χ4v) is 6.39. The van der Waals surface area contributed by atoms with Gasteiger partial charge in [0, 0.05) is 32.9 Å². The molecule has 0 saturated carbocycles. The molecule has 12 nitrogen and oxygen atoms in total. The van der Waals surface area contributed by atoms with Gasteiger partial charge in [-0.3, -0.25) is 38.7 Å². The molecule has 3 aliphatic rings. The lowest BCUT2D eigenvalue weighted by molar-refractivity contribution is -0.159. The number of anilines is 1. The standard InChI is InChI=1S/C28H34N6O6/c1-5-7-12-34-23(36)21(22(35)30-26(34)39)18(6-2)29-17-10-11-19-16(14-17)15-28(20-9-8-13-33(19)20)24(37)31(3)27(40)32(4)25(28)38/h10-11,14,20,36H,5-9,12-13,15H2,1-4H3,(H,30,35,39). The zero-order valence-corrected chi connectivity index (χ0v) is 23.2. The molecule has 2 N–H and O–H groups in total. The molecule has 1 atom stereocenters. The quantitative estimate of drug-likeness (QED) is 0.413. The van der Waals surface area contributed by atoms with Crippen LogP contribution >= 0.6 is 0 Å². The zero-order valence-electron chi connectivity index (χ0n) is 23.2. The van der Waals surface area contributed by atoms with Crippen LogP contribution in [0.4, 0.5) is 16.2 Å². The average Bonchev–Trinajstić information content (AvgIpc) is 3.44. The van der Waals surface area contributed by atoms with E-state index in [1.807, 2.05) is 13.0 Å². The summed E-state index contributed by atoms with van der Waals surface area (Å²) in [4.78, 5) is 76.0. The van der Waals surface area contributed by atoms with Gasteiger partial charge in [0.1, 0.15) is 5.56 Å². The number of barbiturate groups is 1. The van der Waals surface area contributed by atoms with Gasteiger partial charge in [-0.1, -0.05) is 20.3 Å². The van der Waals surface area contributed by atoms with Crippen molar-refractivity contribution in [2.24, 2.45) is 10.4 Å². The number of aliphatic imine (C=N–C) groups is 1. The first kappa shape index (κ1) is 27.4. The Morgan fingerprint density at radius 1 is 1.10 bits per heavy atom. The van der Waals surface area contributed by atoms with Gasteiger partial charge >= 0.3 is 11.7 Å². The molecular formula is C28H34N6O6. The van der Waals surface area contributed by atoms with Crippen LogP contribution < -0.4 is 16.1 Å². The third-order valence-electron chi connectivity index (χ3n) is 8.40. The molecule has 2 fully saturated rings. The van der Waals surface area contributed by atoms with E-state index in [0.717, 1.165) is 38.5 Å². The Balaban J connectivity index is 1.61. The van der Waals surface area contributed by atoms with Crippen molar-refractivity contribution in [1.29, 1.82) is 0 Å². The van der Waals surface area contributed by atoms with Crippen molar-refractivity contribution in [3.63, 3.8) is 0 Å². The predicted octanol–water partition coefficient (Wildman–Crippen LogP) is 2.13. The normalized spacial score (nSPS) is 20.4. The van der Waals surface area contributed by atoms with Gasteiger partial charge in [0.2, 0.25) is 17.7 Å². The highest BCUT2D eigenvalue weighted by Crippen LogP contribution is 2.49. The number of benzene rings is 1. The molecule has 2 aromatic rings. The van der Waals surface area contributed by atoms with E-state index in [4.69, 9.17) is 0 Å². The summed E-state index contributed by atoms with van der Waals surface area (Å²) in [5, 5.41) is 10.9. The number of urea groups is 1. The van der Waals surface area contributed by atoms with E-state index in [1.54, 1.807) is 19.1 Å². The minimum absolute atomic E-state index is 0.0635. The van der Waals surface area contributed by atoms with Crippen LogP contribution in [0.15, 0.2) is 32.8 Å². The van der Waals surface area contributed by atoms with Crippen LogP contribution in [-0.2, 0) is 22.6 Å². The van der Waals surface area contributed by atoms with Crippen LogP contribution in [-0.4, -0.2) is 74.7 Å². The molecule has 0 radical (unpaired) electrons. The molecule has 4 heterocycles. The van der Waals surface area contributed by atoms with E-state index in [2.05, 4.69) is 14.9 Å². The molecule has 3 aliphatic heterocycles. The summed E-state index contributed by atoms with van der Waals surface area (Å²) in [5.74, 6) is -1.43. The van der Waals surface area contributed by atoms with Crippen molar-refractivity contribution in [3.8, 4) is 5.88 Å². The number of nitrogens with one attached hydrogen (secondary N) is 1. The second-order valence-electron chi connectivity index (χ2n) is 10.7. The van der Waals surface area contributed by atoms with Crippen LogP contribution in [0.1, 0.15) is 57.1 Å². The first-order valence-electron chi connectivity index (χ1n) is 13.7. The first-order chi connectivity index (χ1) is 19.1. The number of aromatic amines is 1. The Morgan fingerprint density at radius 2 is 1.80 bits per heavy atom. The first-order valence-corrected chi connectivity index (χ1v) is 13.7. The lowest BCUT2D eigenvalue weighted by Gasteiger charge is -2.50. The molecule has 0 bridgehead atoms. The van der Waals surface area contributed by atoms with Crippen LogP contribution in [0, 0.1) is 5.41 Å². The molecule has 12 heteroatoms. The second kappa shape index (κ2) is 10.1. The van der Waals surface area contributed by atoms with Gasteiger partial charge in [0.25, 0.3) is 5.56 Å². The predicted molar refractivity (Wildman–Crippen MR) is 148 cm³/mol. The van der Waals surface area contributed by atoms with Crippen molar-refractivity contribution < 1.29 is 19.5 Å². The summed E-state index contributed by atoms with van der Waals surface area (Å²) < 4.78 is 1.14. The smallest absolute Gasteiger partial charge is 0.332 e. The number of aromatic hydroxyl groups is 1. The number of rotatable bonds is 6. The fraction of sp³-hybridized carbons (Fsp3) is 0.500. The molecule has 4 amide bonds. The summed E-state index contributed by atoms with van der Waals surface area (Å²) >= 11 is 0. The number of fused-ring (bicyclic) bond motifs is 4. The third-order valence-corrected chi connectivity index (χ3v) is 8.40. The lowest BCUT2D eigenvalue weighted by Crippen LogP contribution is -2.70. The number of carbonyl (C=O) groups is 3. The van der Waals surface area contributed by atoms with E-state index in [-0.39, 0.29) is 24.6 Å². The van der Waals surface area contributed by atoms with Crippen molar-refractivity contribution >= 4 is 34.9 Å². The molecule has 5 rings (SSSR count). The monoisotopic (exact) mass is 550 g/mol. The van der Waals surface area contributed by atoms with E-state index in [0.29, 0.717) is 37.2 Å². The maximum Gasteiger partial charge on any atom is 0.332 e. The minimum atomic E-state index is -1.43. The fourth-order valence-electron chi connectivity index (χ4n) is 6.39. The second-order valence-corrected chi connectivity index (χ2v) is 10.7. The molecule has 2 saturated heterocycles. The summed E-state index contributed by atoms with van der Waals surface area (Å²) in [6.07, 6.45) is 3.32. The highest BCUT2D eigenvalue weighted by atomic mass is 16.3. The van der Waals surface area contributed by atoms with Crippen LogP contribution in [0.2, 0.25) is 0 Å². The highest BCUT2D eigenvalue weighted by molar-refractivity contribution is 6.20. The summed E-state index contributed by atoms with van der Waals surface area (Å²) in [6, 6.07) is 4.48. The molecule has 0 aliphatic carbocycles. The number of unbranched alkanes of at least 4 members (excludes halogenated alkanes) is 1. The molecule has 1 aromatic carbocycles. The average molecular weight is 551 g/mol. The Morgan fingerprint density at radius 3 is 2.45 bits per heavy atom. The van der Waals surface area contributed by atoms with Crippen LogP contribution in [0.5, 0.6) is 5.88 Å². The molecular weight excluding hydrogens is 516 g/mol. The van der Waals surface area contributed by atoms with E-state index in [1.165, 1.54) is 14.1 Å². The van der Waals surface area contributed by atoms with Gasteiger partial charge in [0.15, 0.2) is 5.41 Å². The third kappa shape index (κ3) is 3.96. The summed E-state index contributed by atoms with van der Waals surface area (Å²) in [7, 11) is 2.81. The topological polar surface area (TPSA) is 148 Å². The highest BCUT2D eigenvalue weighted by Gasteiger charge is 2.63. The van der Waals surface area contributed by atoms with Crippen molar-refractivity contribution in [1.82, 2.24) is 19.4 Å². The Hall–Kier alpha value is -4.22. The molecule has 1 aromatic heterocycles. The molecule has 212 valence electrons.